The first kappa shape index (κ1) is 29.9. The molecule has 0 saturated heterocycles. The molecule has 1 aliphatic carbocycles. The molecule has 1 fully saturated rings. The van der Waals surface area contributed by atoms with Gasteiger partial charge >= 0.3 is 0 Å². The number of hydrogen-bond acceptors (Lipinski definition) is 5. The highest BCUT2D eigenvalue weighted by Crippen LogP contribution is 2.29. The molecule has 214 valence electrons. The molecule has 1 N–H and O–H groups in total. The molecule has 1 amide bonds. The van der Waals surface area contributed by atoms with Crippen molar-refractivity contribution in [2.75, 3.05) is 18.4 Å². The highest BCUT2D eigenvalue weighted by molar-refractivity contribution is 7.89. The zero-order valence-corrected chi connectivity index (χ0v) is 24.0. The van der Waals surface area contributed by atoms with E-state index in [2.05, 4.69) is 5.32 Å². The fourth-order valence-corrected chi connectivity index (χ4v) is 8.04. The smallest absolute Gasteiger partial charge is 0.243 e. The summed E-state index contributed by atoms with van der Waals surface area (Å²) in [6.45, 7) is 1.45. The van der Waals surface area contributed by atoms with Gasteiger partial charge in [0.15, 0.2) is 0 Å². The van der Waals surface area contributed by atoms with E-state index < -0.39 is 38.3 Å². The molecule has 3 aromatic carbocycles. The number of amides is 1. The summed E-state index contributed by atoms with van der Waals surface area (Å²) in [5, 5.41) is 2.68. The summed E-state index contributed by atoms with van der Waals surface area (Å²) in [5.74, 6) is -1.02. The average molecular weight is 588 g/mol. The lowest BCUT2D eigenvalue weighted by molar-refractivity contribution is -0.116. The van der Waals surface area contributed by atoms with Crippen LogP contribution in [0, 0.1) is 5.82 Å². The van der Waals surface area contributed by atoms with Gasteiger partial charge in [-0.05, 0) is 66.9 Å². The number of carbonyl (C=O) groups excluding carboxylic acids is 1. The van der Waals surface area contributed by atoms with Crippen molar-refractivity contribution in [2.24, 2.45) is 0 Å². The van der Waals surface area contributed by atoms with Crippen molar-refractivity contribution in [3.05, 3.63) is 90.2 Å². The van der Waals surface area contributed by atoms with Crippen molar-refractivity contribution in [1.82, 2.24) is 8.61 Å². The van der Waals surface area contributed by atoms with Crippen LogP contribution in [0.1, 0.15) is 44.6 Å². The van der Waals surface area contributed by atoms with E-state index in [1.807, 2.05) is 0 Å². The zero-order chi connectivity index (χ0) is 28.8. The molecule has 0 aromatic heterocycles. The summed E-state index contributed by atoms with van der Waals surface area (Å²) in [6, 6.07) is 19.0. The molecule has 0 bridgehead atoms. The van der Waals surface area contributed by atoms with E-state index in [0.717, 1.165) is 36.4 Å². The summed E-state index contributed by atoms with van der Waals surface area (Å²) in [6.07, 6.45) is 4.68. The summed E-state index contributed by atoms with van der Waals surface area (Å²) in [7, 11) is -8.05. The Kier molecular flexibility index (Phi) is 9.72. The van der Waals surface area contributed by atoms with E-state index in [4.69, 9.17) is 0 Å². The Morgan fingerprint density at radius 2 is 1.40 bits per heavy atom. The number of nitrogens with zero attached hydrogens (tertiary/aromatic N) is 2. The normalized spacial score (nSPS) is 14.9. The van der Waals surface area contributed by atoms with Gasteiger partial charge in [-0.15, -0.1) is 0 Å². The number of anilines is 1. The standard InChI is InChI=1S/C29H34FN3O5S2/c1-2-33(26-11-7-4-8-12-26)40(37,38)28-19-17-27(18-20-28)39(35,36)32(21-23-13-15-24(30)16-14-23)22-29(34)31-25-9-5-3-6-10-25/h3,5-6,9-10,13-20,26H,2,4,7-8,11-12,21-22H2,1H3,(H,31,34). The SMILES string of the molecule is CCN(C1CCCCC1)S(=O)(=O)c1ccc(S(=O)(=O)N(CC(=O)Nc2ccccc2)Cc2ccc(F)cc2)cc1. The van der Waals surface area contributed by atoms with Gasteiger partial charge in [-0.3, -0.25) is 4.79 Å². The van der Waals surface area contributed by atoms with E-state index >= 15 is 0 Å². The van der Waals surface area contributed by atoms with Crippen molar-refractivity contribution >= 4 is 31.6 Å². The number of para-hydroxylation sites is 1. The molecule has 0 spiro atoms. The zero-order valence-electron chi connectivity index (χ0n) is 22.4. The van der Waals surface area contributed by atoms with Crippen molar-refractivity contribution < 1.29 is 26.0 Å². The Morgan fingerprint density at radius 3 is 1.98 bits per heavy atom. The van der Waals surface area contributed by atoms with Crippen LogP contribution < -0.4 is 5.32 Å². The van der Waals surface area contributed by atoms with Gasteiger partial charge in [-0.25, -0.2) is 21.2 Å². The molecular weight excluding hydrogens is 553 g/mol. The van der Waals surface area contributed by atoms with Crippen LogP contribution in [-0.4, -0.2) is 50.5 Å². The molecular formula is C29H34FN3O5S2. The maximum atomic E-state index is 13.7. The van der Waals surface area contributed by atoms with Crippen molar-refractivity contribution in [1.29, 1.82) is 0 Å². The first-order valence-electron chi connectivity index (χ1n) is 13.3. The van der Waals surface area contributed by atoms with Crippen LogP contribution in [-0.2, 0) is 31.4 Å². The second kappa shape index (κ2) is 13.0. The number of carbonyl (C=O) groups is 1. The Morgan fingerprint density at radius 1 is 0.825 bits per heavy atom. The largest absolute Gasteiger partial charge is 0.325 e. The third kappa shape index (κ3) is 7.14. The second-order valence-electron chi connectivity index (χ2n) is 9.79. The Hall–Kier alpha value is -3.12. The minimum Gasteiger partial charge on any atom is -0.325 e. The molecule has 8 nitrogen and oxygen atoms in total. The summed E-state index contributed by atoms with van der Waals surface area (Å²) in [4.78, 5) is 12.7. The number of benzene rings is 3. The maximum absolute atomic E-state index is 13.7. The molecule has 0 heterocycles. The van der Waals surface area contributed by atoms with Gasteiger partial charge in [0.05, 0.1) is 16.3 Å². The van der Waals surface area contributed by atoms with Crippen LogP contribution in [0.2, 0.25) is 0 Å². The molecule has 0 unspecified atom stereocenters. The van der Waals surface area contributed by atoms with Gasteiger partial charge in [-0.2, -0.15) is 8.61 Å². The molecule has 1 saturated carbocycles. The molecule has 4 rings (SSSR count). The van der Waals surface area contributed by atoms with Gasteiger partial charge < -0.3 is 5.32 Å². The van der Waals surface area contributed by atoms with Gasteiger partial charge in [0.25, 0.3) is 0 Å². The van der Waals surface area contributed by atoms with E-state index in [9.17, 15) is 26.0 Å². The third-order valence-corrected chi connectivity index (χ3v) is 10.9. The van der Waals surface area contributed by atoms with Gasteiger partial charge in [0.1, 0.15) is 5.82 Å². The van der Waals surface area contributed by atoms with Gasteiger partial charge in [-0.1, -0.05) is 56.5 Å². The predicted molar refractivity (Wildman–Crippen MR) is 152 cm³/mol. The minimum atomic E-state index is -4.23. The Balaban J connectivity index is 1.59. The quantitative estimate of drug-likeness (QED) is 0.340. The van der Waals surface area contributed by atoms with E-state index in [-0.39, 0.29) is 22.4 Å². The number of sulfonamides is 2. The van der Waals surface area contributed by atoms with Crippen LogP contribution in [0.5, 0.6) is 0 Å². The first-order chi connectivity index (χ1) is 19.1. The molecule has 1 aliphatic rings. The molecule has 3 aromatic rings. The first-order valence-corrected chi connectivity index (χ1v) is 16.2. The number of nitrogens with one attached hydrogen (secondary N) is 1. The molecule has 11 heteroatoms. The van der Waals surface area contributed by atoms with Crippen molar-refractivity contribution in [3.8, 4) is 0 Å². The van der Waals surface area contributed by atoms with Crippen LogP contribution in [0.3, 0.4) is 0 Å². The maximum Gasteiger partial charge on any atom is 0.243 e. The van der Waals surface area contributed by atoms with E-state index in [0.29, 0.717) is 17.8 Å². The fraction of sp³-hybridized carbons (Fsp3) is 0.345. The molecule has 0 radical (unpaired) electrons. The van der Waals surface area contributed by atoms with Crippen molar-refractivity contribution in [3.63, 3.8) is 0 Å². The van der Waals surface area contributed by atoms with Gasteiger partial charge in [0.2, 0.25) is 26.0 Å². The van der Waals surface area contributed by atoms with Crippen LogP contribution >= 0.6 is 0 Å². The Bertz CT molecular complexity index is 1490. The number of halogens is 1. The molecule has 0 aliphatic heterocycles. The Labute approximate surface area is 235 Å². The highest BCUT2D eigenvalue weighted by atomic mass is 32.2. The molecule has 0 atom stereocenters. The second-order valence-corrected chi connectivity index (χ2v) is 13.6. The summed E-state index contributed by atoms with van der Waals surface area (Å²) in [5.41, 5.74) is 1.00. The number of hydrogen-bond donors (Lipinski definition) is 1. The predicted octanol–water partition coefficient (Wildman–Crippen LogP) is 5.00. The lowest BCUT2D eigenvalue weighted by atomic mass is 9.95. The summed E-state index contributed by atoms with van der Waals surface area (Å²) >= 11 is 0. The molecule has 40 heavy (non-hydrogen) atoms. The topological polar surface area (TPSA) is 104 Å². The minimum absolute atomic E-state index is 0.0192. The number of rotatable bonds is 11. The lowest BCUT2D eigenvalue weighted by Crippen LogP contribution is -2.41. The van der Waals surface area contributed by atoms with Crippen LogP contribution in [0.15, 0.2) is 88.7 Å². The lowest BCUT2D eigenvalue weighted by Gasteiger charge is -2.32. The monoisotopic (exact) mass is 587 g/mol. The summed E-state index contributed by atoms with van der Waals surface area (Å²) < 4.78 is 70.2. The van der Waals surface area contributed by atoms with Crippen LogP contribution in [0.25, 0.3) is 0 Å². The van der Waals surface area contributed by atoms with E-state index in [1.54, 1.807) is 37.3 Å². The van der Waals surface area contributed by atoms with Crippen molar-refractivity contribution in [2.45, 2.75) is 61.4 Å². The van der Waals surface area contributed by atoms with E-state index in [1.165, 1.54) is 52.8 Å². The highest BCUT2D eigenvalue weighted by Gasteiger charge is 2.32. The fourth-order valence-electron chi connectivity index (χ4n) is 4.96. The average Bonchev–Trinajstić information content (AvgIpc) is 2.95. The van der Waals surface area contributed by atoms with Gasteiger partial charge in [0, 0.05) is 24.8 Å². The third-order valence-electron chi connectivity index (χ3n) is 7.01. The van der Waals surface area contributed by atoms with Crippen LogP contribution in [0.4, 0.5) is 10.1 Å².